The lowest BCUT2D eigenvalue weighted by Gasteiger charge is -2.45. The number of carbonyl (C=O) groups excluding carboxylic acids is 1. The summed E-state index contributed by atoms with van der Waals surface area (Å²) in [5, 5.41) is 14.0. The Morgan fingerprint density at radius 1 is 1.31 bits per heavy atom. The Balaban J connectivity index is 1.59. The summed E-state index contributed by atoms with van der Waals surface area (Å²) in [6.45, 7) is 6.18. The second kappa shape index (κ2) is 7.95. The lowest BCUT2D eigenvalue weighted by atomic mass is 9.67. The number of nitrogens with zero attached hydrogens (tertiary/aromatic N) is 4. The van der Waals surface area contributed by atoms with Crippen LogP contribution < -0.4 is 5.32 Å². The van der Waals surface area contributed by atoms with Crippen LogP contribution in [0.3, 0.4) is 0 Å². The Hall–Kier alpha value is -2.28. The maximum absolute atomic E-state index is 12.1. The van der Waals surface area contributed by atoms with Gasteiger partial charge in [-0.25, -0.2) is 4.68 Å². The molecule has 0 radical (unpaired) electrons. The van der Waals surface area contributed by atoms with E-state index in [-0.39, 0.29) is 16.9 Å². The fourth-order valence-electron chi connectivity index (χ4n) is 3.90. The third-order valence-corrected chi connectivity index (χ3v) is 5.11. The predicted octanol–water partition coefficient (Wildman–Crippen LogP) is 2.10. The predicted molar refractivity (Wildman–Crippen MR) is 97.4 cm³/mol. The highest BCUT2D eigenvalue weighted by atomic mass is 16.5. The van der Waals surface area contributed by atoms with Crippen molar-refractivity contribution < 1.29 is 9.53 Å². The molecular formula is C19H27N5O2. The smallest absolute Gasteiger partial charge is 0.221 e. The van der Waals surface area contributed by atoms with Crippen LogP contribution in [0, 0.1) is 0 Å². The number of amides is 1. The molecule has 1 amide bonds. The molecule has 7 heteroatoms. The summed E-state index contributed by atoms with van der Waals surface area (Å²) < 4.78 is 7.50. The van der Waals surface area contributed by atoms with Crippen LogP contribution in [0.2, 0.25) is 0 Å². The fraction of sp³-hybridized carbons (Fsp3) is 0.579. The summed E-state index contributed by atoms with van der Waals surface area (Å²) in [5.74, 6) is 0.0232. The van der Waals surface area contributed by atoms with Gasteiger partial charge in [-0.3, -0.25) is 4.79 Å². The van der Waals surface area contributed by atoms with Gasteiger partial charge in [0, 0.05) is 25.0 Å². The van der Waals surface area contributed by atoms with Crippen LogP contribution in [0.4, 0.5) is 0 Å². The summed E-state index contributed by atoms with van der Waals surface area (Å²) in [6.07, 6.45) is 4.71. The topological polar surface area (TPSA) is 81.9 Å². The van der Waals surface area contributed by atoms with Gasteiger partial charge in [-0.15, -0.1) is 5.10 Å². The first kappa shape index (κ1) is 18.5. The summed E-state index contributed by atoms with van der Waals surface area (Å²) in [6, 6.07) is 10.6. The highest BCUT2D eigenvalue weighted by Crippen LogP contribution is 2.43. The van der Waals surface area contributed by atoms with Crippen molar-refractivity contribution in [2.45, 2.75) is 57.1 Å². The first-order valence-electron chi connectivity index (χ1n) is 9.16. The Bertz CT molecular complexity index is 702. The number of aromatic nitrogens is 4. The number of hydrogen-bond donors (Lipinski definition) is 1. The first-order chi connectivity index (χ1) is 12.5. The molecule has 1 aliphatic heterocycles. The van der Waals surface area contributed by atoms with E-state index in [9.17, 15) is 4.79 Å². The molecule has 1 atom stereocenters. The number of ether oxygens (including phenoxy) is 1. The highest BCUT2D eigenvalue weighted by molar-refractivity contribution is 5.75. The van der Waals surface area contributed by atoms with Gasteiger partial charge in [0.2, 0.25) is 5.91 Å². The van der Waals surface area contributed by atoms with Crippen LogP contribution in [0.15, 0.2) is 36.7 Å². The minimum atomic E-state index is -0.155. The third kappa shape index (κ3) is 4.66. The number of tetrazole rings is 1. The standard InChI is InChI=1S/C19H27N5O2/c1-18(2)14-19(10-13-26-18,16-6-4-3-5-7-16)9-11-20-17(25)8-12-24-15-21-22-23-24/h3-7,15H,8-14H2,1-2H3,(H,20,25)/t19-/m0/s1. The molecule has 2 aromatic rings. The van der Waals surface area contributed by atoms with Crippen LogP contribution in [-0.2, 0) is 21.5 Å². The first-order valence-corrected chi connectivity index (χ1v) is 9.16. The average Bonchev–Trinajstić information content (AvgIpc) is 3.13. The molecule has 26 heavy (non-hydrogen) atoms. The van der Waals surface area contributed by atoms with Gasteiger partial charge in [0.15, 0.2) is 0 Å². The van der Waals surface area contributed by atoms with Crippen molar-refractivity contribution in [2.24, 2.45) is 0 Å². The molecule has 0 aliphatic carbocycles. The van der Waals surface area contributed by atoms with Gasteiger partial charge in [0.25, 0.3) is 0 Å². The van der Waals surface area contributed by atoms with Gasteiger partial charge < -0.3 is 10.1 Å². The number of rotatable bonds is 7. The number of aryl methyl sites for hydroxylation is 1. The van der Waals surface area contributed by atoms with E-state index in [1.165, 1.54) is 11.9 Å². The van der Waals surface area contributed by atoms with E-state index in [0.29, 0.717) is 19.5 Å². The number of hydrogen-bond acceptors (Lipinski definition) is 5. The highest BCUT2D eigenvalue weighted by Gasteiger charge is 2.41. The molecule has 0 unspecified atom stereocenters. The minimum Gasteiger partial charge on any atom is -0.376 e. The van der Waals surface area contributed by atoms with Gasteiger partial charge in [0.05, 0.1) is 12.1 Å². The molecule has 1 fully saturated rings. The molecule has 1 aromatic heterocycles. The van der Waals surface area contributed by atoms with Crippen LogP contribution >= 0.6 is 0 Å². The van der Waals surface area contributed by atoms with E-state index in [1.54, 1.807) is 4.68 Å². The van der Waals surface area contributed by atoms with Crippen LogP contribution in [0.1, 0.15) is 45.1 Å². The zero-order valence-electron chi connectivity index (χ0n) is 15.5. The van der Waals surface area contributed by atoms with E-state index < -0.39 is 0 Å². The number of carbonyl (C=O) groups is 1. The van der Waals surface area contributed by atoms with Crippen molar-refractivity contribution in [3.8, 4) is 0 Å². The SMILES string of the molecule is CC1(C)C[C@@](CCNC(=O)CCn2cnnn2)(c2ccccc2)CCO1. The van der Waals surface area contributed by atoms with Crippen molar-refractivity contribution in [1.29, 1.82) is 0 Å². The van der Waals surface area contributed by atoms with E-state index in [4.69, 9.17) is 4.74 Å². The number of benzene rings is 1. The van der Waals surface area contributed by atoms with Crippen LogP contribution in [0.5, 0.6) is 0 Å². The number of nitrogens with one attached hydrogen (secondary N) is 1. The molecule has 1 aliphatic rings. The summed E-state index contributed by atoms with van der Waals surface area (Å²) in [5.41, 5.74) is 1.21. The molecule has 1 aromatic carbocycles. The van der Waals surface area contributed by atoms with Gasteiger partial charge in [-0.2, -0.15) is 0 Å². The van der Waals surface area contributed by atoms with E-state index >= 15 is 0 Å². The fourth-order valence-corrected chi connectivity index (χ4v) is 3.90. The van der Waals surface area contributed by atoms with E-state index in [0.717, 1.165) is 25.9 Å². The normalized spacial score (nSPS) is 22.1. The Kier molecular flexibility index (Phi) is 5.66. The average molecular weight is 357 g/mol. The van der Waals surface area contributed by atoms with Gasteiger partial charge >= 0.3 is 0 Å². The van der Waals surface area contributed by atoms with Gasteiger partial charge in [-0.05, 0) is 49.1 Å². The molecule has 0 spiro atoms. The molecule has 2 heterocycles. The zero-order chi connectivity index (χ0) is 18.5. The molecule has 1 N–H and O–H groups in total. The second-order valence-electron chi connectivity index (χ2n) is 7.60. The third-order valence-electron chi connectivity index (χ3n) is 5.11. The monoisotopic (exact) mass is 357 g/mol. The molecule has 3 rings (SSSR count). The zero-order valence-corrected chi connectivity index (χ0v) is 15.5. The lowest BCUT2D eigenvalue weighted by Crippen LogP contribution is -2.45. The molecule has 140 valence electrons. The van der Waals surface area contributed by atoms with Crippen molar-refractivity contribution in [3.05, 3.63) is 42.2 Å². The maximum Gasteiger partial charge on any atom is 0.221 e. The lowest BCUT2D eigenvalue weighted by molar-refractivity contribution is -0.121. The van der Waals surface area contributed by atoms with Crippen molar-refractivity contribution in [2.75, 3.05) is 13.2 Å². The van der Waals surface area contributed by atoms with Gasteiger partial charge in [-0.1, -0.05) is 30.3 Å². The summed E-state index contributed by atoms with van der Waals surface area (Å²) in [7, 11) is 0. The Morgan fingerprint density at radius 3 is 2.81 bits per heavy atom. The van der Waals surface area contributed by atoms with E-state index in [2.05, 4.69) is 59.0 Å². The quantitative estimate of drug-likeness (QED) is 0.820. The molecule has 0 bridgehead atoms. The van der Waals surface area contributed by atoms with Crippen molar-refractivity contribution in [1.82, 2.24) is 25.5 Å². The summed E-state index contributed by atoms with van der Waals surface area (Å²) >= 11 is 0. The van der Waals surface area contributed by atoms with Crippen molar-refractivity contribution >= 4 is 5.91 Å². The van der Waals surface area contributed by atoms with E-state index in [1.807, 2.05) is 6.07 Å². The largest absolute Gasteiger partial charge is 0.376 e. The van der Waals surface area contributed by atoms with Crippen LogP contribution in [0.25, 0.3) is 0 Å². The van der Waals surface area contributed by atoms with Crippen molar-refractivity contribution in [3.63, 3.8) is 0 Å². The summed E-state index contributed by atoms with van der Waals surface area (Å²) in [4.78, 5) is 12.1. The second-order valence-corrected chi connectivity index (χ2v) is 7.60. The van der Waals surface area contributed by atoms with Crippen LogP contribution in [-0.4, -0.2) is 44.9 Å². The molecule has 1 saturated heterocycles. The molecular weight excluding hydrogens is 330 g/mol. The Labute approximate surface area is 154 Å². The maximum atomic E-state index is 12.1. The molecule has 7 nitrogen and oxygen atoms in total. The molecule has 0 saturated carbocycles. The van der Waals surface area contributed by atoms with Gasteiger partial charge in [0.1, 0.15) is 6.33 Å². The minimum absolute atomic E-state index is 0.0232. The Morgan fingerprint density at radius 2 is 2.12 bits per heavy atom.